The second kappa shape index (κ2) is 4.57. The van der Waals surface area contributed by atoms with Crippen molar-refractivity contribution in [3.05, 3.63) is 11.5 Å². The summed E-state index contributed by atoms with van der Waals surface area (Å²) >= 11 is 0. The Morgan fingerprint density at radius 1 is 1.29 bits per heavy atom. The summed E-state index contributed by atoms with van der Waals surface area (Å²) in [6.45, 7) is 2.74. The lowest BCUT2D eigenvalue weighted by Crippen LogP contribution is -2.36. The number of hydrogen-bond acceptors (Lipinski definition) is 5. The lowest BCUT2D eigenvalue weighted by molar-refractivity contribution is 0.0713. The van der Waals surface area contributed by atoms with Crippen LogP contribution in [0.15, 0.2) is 4.52 Å². The number of carbonyl (C=O) groups is 2. The number of aromatic nitrogens is 1. The van der Waals surface area contributed by atoms with Gasteiger partial charge in [-0.15, -0.1) is 0 Å². The van der Waals surface area contributed by atoms with Gasteiger partial charge in [0.15, 0.2) is 11.5 Å². The third-order valence-electron chi connectivity index (χ3n) is 2.89. The van der Waals surface area contributed by atoms with Crippen LogP contribution in [0.5, 0.6) is 0 Å². The van der Waals surface area contributed by atoms with Crippen molar-refractivity contribution in [2.45, 2.75) is 26.2 Å². The molecule has 1 aliphatic rings. The molecule has 0 radical (unpaired) electrons. The van der Waals surface area contributed by atoms with Crippen LogP contribution >= 0.6 is 0 Å². The van der Waals surface area contributed by atoms with Crippen LogP contribution in [0, 0.1) is 0 Å². The quantitative estimate of drug-likeness (QED) is 0.777. The smallest absolute Gasteiger partial charge is 0.278 e. The van der Waals surface area contributed by atoms with Crippen molar-refractivity contribution in [1.82, 2.24) is 10.1 Å². The Labute approximate surface area is 98.7 Å². The van der Waals surface area contributed by atoms with Crippen LogP contribution in [0.2, 0.25) is 0 Å². The second-order valence-corrected chi connectivity index (χ2v) is 4.18. The molecule has 6 nitrogen and oxygen atoms in total. The molecule has 1 saturated heterocycles. The Balaban J connectivity index is 2.21. The number of nitrogens with two attached hydrogens (primary N) is 1. The topological polar surface area (TPSA) is 89.4 Å². The van der Waals surface area contributed by atoms with Crippen LogP contribution in [0.25, 0.3) is 0 Å². The molecule has 2 heterocycles. The first-order valence-electron chi connectivity index (χ1n) is 5.66. The normalized spacial score (nSPS) is 15.9. The first-order valence-corrected chi connectivity index (χ1v) is 5.66. The fraction of sp³-hybridized carbons (Fsp3) is 0.545. The summed E-state index contributed by atoms with van der Waals surface area (Å²) in [6.07, 6.45) is 3.11. The number of carbonyl (C=O) groups excluding carboxylic acids is 2. The van der Waals surface area contributed by atoms with Crippen molar-refractivity contribution in [2.75, 3.05) is 18.8 Å². The fourth-order valence-corrected chi connectivity index (χ4v) is 1.95. The average molecular weight is 237 g/mol. The summed E-state index contributed by atoms with van der Waals surface area (Å²) in [5.74, 6) is -0.614. The van der Waals surface area contributed by atoms with E-state index in [1.165, 1.54) is 6.92 Å². The number of hydrogen-bond donors (Lipinski definition) is 1. The number of rotatable bonds is 2. The Hall–Kier alpha value is -1.85. The van der Waals surface area contributed by atoms with Crippen molar-refractivity contribution >= 4 is 17.4 Å². The Bertz CT molecular complexity index is 447. The zero-order chi connectivity index (χ0) is 12.4. The van der Waals surface area contributed by atoms with Gasteiger partial charge < -0.3 is 15.2 Å². The minimum atomic E-state index is -0.326. The van der Waals surface area contributed by atoms with E-state index >= 15 is 0 Å². The molecule has 1 aromatic heterocycles. The number of ketones is 1. The van der Waals surface area contributed by atoms with E-state index < -0.39 is 0 Å². The molecule has 1 aliphatic heterocycles. The summed E-state index contributed by atoms with van der Waals surface area (Å²) in [5.41, 5.74) is 5.79. The van der Waals surface area contributed by atoms with E-state index in [1.54, 1.807) is 4.90 Å². The molecule has 1 aromatic rings. The van der Waals surface area contributed by atoms with Crippen molar-refractivity contribution in [1.29, 1.82) is 0 Å². The molecule has 6 heteroatoms. The van der Waals surface area contributed by atoms with Crippen molar-refractivity contribution in [3.63, 3.8) is 0 Å². The molecular formula is C11H15N3O3. The lowest BCUT2D eigenvalue weighted by atomic mass is 10.1. The van der Waals surface area contributed by atoms with Crippen molar-refractivity contribution in [3.8, 4) is 0 Å². The van der Waals surface area contributed by atoms with E-state index in [2.05, 4.69) is 5.16 Å². The average Bonchev–Trinajstić information content (AvgIpc) is 2.71. The molecule has 0 aromatic carbocycles. The zero-order valence-corrected chi connectivity index (χ0v) is 9.73. The minimum Gasteiger partial charge on any atom is -0.393 e. The molecular weight excluding hydrogens is 222 g/mol. The monoisotopic (exact) mass is 237 g/mol. The predicted octanol–water partition coefficient (Wildman–Crippen LogP) is 1.09. The highest BCUT2D eigenvalue weighted by molar-refractivity contribution is 6.04. The van der Waals surface area contributed by atoms with Crippen LogP contribution in [-0.4, -0.2) is 34.8 Å². The summed E-state index contributed by atoms with van der Waals surface area (Å²) in [6, 6.07) is 0. The largest absolute Gasteiger partial charge is 0.393 e. The maximum Gasteiger partial charge on any atom is 0.278 e. The number of likely N-dealkylation sites (tertiary alicyclic amines) is 1. The highest BCUT2D eigenvalue weighted by Gasteiger charge is 2.26. The van der Waals surface area contributed by atoms with Crippen LogP contribution in [-0.2, 0) is 0 Å². The van der Waals surface area contributed by atoms with Gasteiger partial charge in [0, 0.05) is 20.0 Å². The standard InChI is InChI=1S/C11H15N3O3/c1-7(15)10-8(12)9(13-17-10)11(16)14-5-3-2-4-6-14/h2-6,12H2,1H3. The van der Waals surface area contributed by atoms with E-state index in [0.29, 0.717) is 13.1 Å². The molecule has 2 rings (SSSR count). The molecule has 17 heavy (non-hydrogen) atoms. The third kappa shape index (κ3) is 2.15. The van der Waals surface area contributed by atoms with E-state index in [-0.39, 0.29) is 28.8 Å². The number of nitrogens with zero attached hydrogens (tertiary/aromatic N) is 2. The molecule has 0 unspecified atom stereocenters. The van der Waals surface area contributed by atoms with Crippen molar-refractivity contribution in [2.24, 2.45) is 0 Å². The van der Waals surface area contributed by atoms with Gasteiger partial charge in [-0.2, -0.15) is 0 Å². The van der Waals surface area contributed by atoms with Crippen LogP contribution < -0.4 is 5.73 Å². The third-order valence-corrected chi connectivity index (χ3v) is 2.89. The summed E-state index contributed by atoms with van der Waals surface area (Å²) in [7, 11) is 0. The maximum absolute atomic E-state index is 12.1. The summed E-state index contributed by atoms with van der Waals surface area (Å²) in [4.78, 5) is 24.9. The first-order chi connectivity index (χ1) is 8.11. The summed E-state index contributed by atoms with van der Waals surface area (Å²) < 4.78 is 4.80. The van der Waals surface area contributed by atoms with Gasteiger partial charge in [0.2, 0.25) is 5.76 Å². The Kier molecular flexibility index (Phi) is 3.12. The number of Topliss-reactive ketones (excluding diaryl/α,β-unsaturated/α-hetero) is 1. The molecule has 0 saturated carbocycles. The van der Waals surface area contributed by atoms with Gasteiger partial charge in [0.05, 0.1) is 0 Å². The van der Waals surface area contributed by atoms with Crippen LogP contribution in [0.1, 0.15) is 47.2 Å². The maximum atomic E-state index is 12.1. The second-order valence-electron chi connectivity index (χ2n) is 4.18. The van der Waals surface area contributed by atoms with Gasteiger partial charge in [0.25, 0.3) is 5.91 Å². The molecule has 1 amide bonds. The van der Waals surface area contributed by atoms with Crippen LogP contribution in [0.4, 0.5) is 5.69 Å². The van der Waals surface area contributed by atoms with Gasteiger partial charge in [0.1, 0.15) is 5.69 Å². The molecule has 1 fully saturated rings. The number of amides is 1. The minimum absolute atomic E-state index is 0.0367. The van der Waals surface area contributed by atoms with E-state index in [0.717, 1.165) is 19.3 Å². The molecule has 0 aliphatic carbocycles. The Morgan fingerprint density at radius 3 is 2.47 bits per heavy atom. The van der Waals surface area contributed by atoms with E-state index in [4.69, 9.17) is 10.3 Å². The highest BCUT2D eigenvalue weighted by Crippen LogP contribution is 2.20. The molecule has 0 atom stereocenters. The van der Waals surface area contributed by atoms with Gasteiger partial charge in [-0.1, -0.05) is 5.16 Å². The number of piperidine rings is 1. The van der Waals surface area contributed by atoms with Crippen molar-refractivity contribution < 1.29 is 14.1 Å². The Morgan fingerprint density at radius 2 is 1.94 bits per heavy atom. The highest BCUT2D eigenvalue weighted by atomic mass is 16.5. The van der Waals surface area contributed by atoms with Gasteiger partial charge in [-0.3, -0.25) is 9.59 Å². The number of nitrogen functional groups attached to an aromatic ring is 1. The number of anilines is 1. The molecule has 0 bridgehead atoms. The molecule has 0 spiro atoms. The lowest BCUT2D eigenvalue weighted by Gasteiger charge is -2.25. The van der Waals surface area contributed by atoms with E-state index in [1.807, 2.05) is 0 Å². The fourth-order valence-electron chi connectivity index (χ4n) is 1.95. The van der Waals surface area contributed by atoms with Crippen LogP contribution in [0.3, 0.4) is 0 Å². The van der Waals surface area contributed by atoms with E-state index in [9.17, 15) is 9.59 Å². The van der Waals surface area contributed by atoms with Gasteiger partial charge in [-0.25, -0.2) is 0 Å². The first kappa shape index (κ1) is 11.6. The van der Waals surface area contributed by atoms with Gasteiger partial charge in [-0.05, 0) is 19.3 Å². The summed E-state index contributed by atoms with van der Waals surface area (Å²) in [5, 5.41) is 3.60. The van der Waals surface area contributed by atoms with Gasteiger partial charge >= 0.3 is 0 Å². The SMILES string of the molecule is CC(=O)c1onc(C(=O)N2CCCCC2)c1N. The molecule has 92 valence electrons. The molecule has 2 N–H and O–H groups in total. The zero-order valence-electron chi connectivity index (χ0n) is 9.73. The predicted molar refractivity (Wildman–Crippen MR) is 60.7 cm³/mol.